The maximum atomic E-state index is 5.64. The Hall–Kier alpha value is -1.94. The van der Waals surface area contributed by atoms with Crippen LogP contribution in [0.1, 0.15) is 23.2 Å². The molecular formula is C15H18N4. The maximum Gasteiger partial charge on any atom is 0.220 e. The van der Waals surface area contributed by atoms with Gasteiger partial charge in [-0.2, -0.15) is 0 Å². The van der Waals surface area contributed by atoms with E-state index in [1.165, 1.54) is 11.1 Å². The fourth-order valence-corrected chi connectivity index (χ4v) is 2.57. The van der Waals surface area contributed by atoms with Crippen molar-refractivity contribution in [2.45, 2.75) is 31.8 Å². The molecule has 0 bridgehead atoms. The van der Waals surface area contributed by atoms with Gasteiger partial charge >= 0.3 is 0 Å². The number of benzene rings is 1. The molecule has 1 aliphatic rings. The SMILES string of the molecule is Nc1ncc2c(n1)CNC(Cc1ccccc1)CC2. The molecule has 1 unspecified atom stereocenters. The Labute approximate surface area is 113 Å². The average Bonchev–Trinajstić information content (AvgIpc) is 2.63. The topological polar surface area (TPSA) is 63.8 Å². The van der Waals surface area contributed by atoms with Crippen LogP contribution in [0.15, 0.2) is 36.5 Å². The number of anilines is 1. The van der Waals surface area contributed by atoms with Crippen LogP contribution < -0.4 is 11.1 Å². The number of nitrogens with two attached hydrogens (primary N) is 1. The fourth-order valence-electron chi connectivity index (χ4n) is 2.57. The largest absolute Gasteiger partial charge is 0.368 e. The third kappa shape index (κ3) is 2.90. The summed E-state index contributed by atoms with van der Waals surface area (Å²) >= 11 is 0. The van der Waals surface area contributed by atoms with Crippen molar-refractivity contribution in [2.75, 3.05) is 5.73 Å². The molecule has 0 saturated carbocycles. The first kappa shape index (κ1) is 12.1. The molecule has 1 aliphatic heterocycles. The molecule has 0 spiro atoms. The molecule has 0 radical (unpaired) electrons. The van der Waals surface area contributed by atoms with Gasteiger partial charge in [-0.15, -0.1) is 0 Å². The summed E-state index contributed by atoms with van der Waals surface area (Å²) in [5.74, 6) is 0.363. The lowest BCUT2D eigenvalue weighted by molar-refractivity contribution is 0.491. The van der Waals surface area contributed by atoms with Crippen LogP contribution in [0.4, 0.5) is 5.95 Å². The van der Waals surface area contributed by atoms with E-state index in [2.05, 4.69) is 45.6 Å². The normalized spacial score (nSPS) is 18.6. The van der Waals surface area contributed by atoms with Crippen molar-refractivity contribution >= 4 is 5.95 Å². The van der Waals surface area contributed by atoms with E-state index in [-0.39, 0.29) is 0 Å². The monoisotopic (exact) mass is 254 g/mol. The van der Waals surface area contributed by atoms with Crippen molar-refractivity contribution < 1.29 is 0 Å². The van der Waals surface area contributed by atoms with Crippen molar-refractivity contribution in [2.24, 2.45) is 0 Å². The van der Waals surface area contributed by atoms with Crippen molar-refractivity contribution in [3.8, 4) is 0 Å². The van der Waals surface area contributed by atoms with Gasteiger partial charge in [-0.25, -0.2) is 9.97 Å². The van der Waals surface area contributed by atoms with Crippen LogP contribution in [0.5, 0.6) is 0 Å². The lowest BCUT2D eigenvalue weighted by Gasteiger charge is -2.15. The van der Waals surface area contributed by atoms with E-state index in [9.17, 15) is 0 Å². The maximum absolute atomic E-state index is 5.64. The van der Waals surface area contributed by atoms with Gasteiger partial charge in [-0.1, -0.05) is 30.3 Å². The van der Waals surface area contributed by atoms with Gasteiger partial charge in [0.25, 0.3) is 0 Å². The molecule has 2 heterocycles. The van der Waals surface area contributed by atoms with E-state index in [1.54, 1.807) is 0 Å². The predicted molar refractivity (Wildman–Crippen MR) is 75.5 cm³/mol. The second-order valence-electron chi connectivity index (χ2n) is 5.01. The van der Waals surface area contributed by atoms with Crippen molar-refractivity contribution in [1.82, 2.24) is 15.3 Å². The number of rotatable bonds is 2. The van der Waals surface area contributed by atoms with Crippen LogP contribution >= 0.6 is 0 Å². The van der Waals surface area contributed by atoms with Gasteiger partial charge in [0.15, 0.2) is 0 Å². The lowest BCUT2D eigenvalue weighted by Crippen LogP contribution is -2.29. The van der Waals surface area contributed by atoms with Gasteiger partial charge in [0.05, 0.1) is 5.69 Å². The third-order valence-corrected chi connectivity index (χ3v) is 3.62. The average molecular weight is 254 g/mol. The van der Waals surface area contributed by atoms with Crippen LogP contribution in [0.25, 0.3) is 0 Å². The van der Waals surface area contributed by atoms with Crippen molar-refractivity contribution in [1.29, 1.82) is 0 Å². The summed E-state index contributed by atoms with van der Waals surface area (Å²) in [5, 5.41) is 3.57. The number of hydrogen-bond acceptors (Lipinski definition) is 4. The molecule has 19 heavy (non-hydrogen) atoms. The second kappa shape index (κ2) is 5.36. The van der Waals surface area contributed by atoms with E-state index < -0.39 is 0 Å². The predicted octanol–water partition coefficient (Wildman–Crippen LogP) is 1.71. The van der Waals surface area contributed by atoms with Crippen LogP contribution in [0.2, 0.25) is 0 Å². The molecule has 4 heteroatoms. The number of fused-ring (bicyclic) bond motifs is 1. The standard InChI is InChI=1S/C15H18N4/c16-15-18-9-12-6-7-13(17-10-14(12)19-15)8-11-4-2-1-3-5-11/h1-5,9,13,17H,6-8,10H2,(H2,16,18,19). The zero-order valence-electron chi connectivity index (χ0n) is 10.8. The van der Waals surface area contributed by atoms with Gasteiger partial charge in [-0.3, -0.25) is 0 Å². The summed E-state index contributed by atoms with van der Waals surface area (Å²) < 4.78 is 0. The van der Waals surface area contributed by atoms with Crippen molar-refractivity contribution in [3.05, 3.63) is 53.3 Å². The highest BCUT2D eigenvalue weighted by Gasteiger charge is 2.17. The smallest absolute Gasteiger partial charge is 0.220 e. The number of nitrogens with zero attached hydrogens (tertiary/aromatic N) is 2. The minimum absolute atomic E-state index is 0.363. The molecule has 0 aliphatic carbocycles. The number of nitrogen functional groups attached to an aromatic ring is 1. The second-order valence-corrected chi connectivity index (χ2v) is 5.01. The summed E-state index contributed by atoms with van der Waals surface area (Å²) in [6.07, 6.45) is 5.04. The molecule has 4 nitrogen and oxygen atoms in total. The highest BCUT2D eigenvalue weighted by Crippen LogP contribution is 2.17. The Bertz CT molecular complexity index is 553. The molecule has 0 fully saturated rings. The molecule has 1 aromatic carbocycles. The first-order valence-corrected chi connectivity index (χ1v) is 6.69. The molecule has 2 aromatic rings. The molecule has 3 N–H and O–H groups in total. The quantitative estimate of drug-likeness (QED) is 0.856. The molecular weight excluding hydrogens is 236 g/mol. The fraction of sp³-hybridized carbons (Fsp3) is 0.333. The molecule has 0 saturated heterocycles. The van der Waals surface area contributed by atoms with E-state index in [4.69, 9.17) is 5.73 Å². The minimum atomic E-state index is 0.363. The Morgan fingerprint density at radius 1 is 1.26 bits per heavy atom. The summed E-state index contributed by atoms with van der Waals surface area (Å²) in [7, 11) is 0. The first-order valence-electron chi connectivity index (χ1n) is 6.69. The molecule has 0 amide bonds. The summed E-state index contributed by atoms with van der Waals surface area (Å²) in [6, 6.07) is 11.1. The highest BCUT2D eigenvalue weighted by atomic mass is 15.0. The molecule has 3 rings (SSSR count). The Balaban J connectivity index is 1.70. The number of nitrogens with one attached hydrogen (secondary N) is 1. The van der Waals surface area contributed by atoms with E-state index in [0.717, 1.165) is 31.5 Å². The Morgan fingerprint density at radius 2 is 2.11 bits per heavy atom. The van der Waals surface area contributed by atoms with Gasteiger partial charge < -0.3 is 11.1 Å². The Kier molecular flexibility index (Phi) is 3.42. The molecule has 98 valence electrons. The minimum Gasteiger partial charge on any atom is -0.368 e. The number of aryl methyl sites for hydroxylation is 1. The summed E-state index contributed by atoms with van der Waals surface area (Å²) in [4.78, 5) is 8.40. The molecule has 1 atom stereocenters. The van der Waals surface area contributed by atoms with Crippen LogP contribution in [-0.2, 0) is 19.4 Å². The van der Waals surface area contributed by atoms with Gasteiger partial charge in [0, 0.05) is 18.8 Å². The Morgan fingerprint density at radius 3 is 2.95 bits per heavy atom. The van der Waals surface area contributed by atoms with E-state index in [1.807, 2.05) is 6.20 Å². The van der Waals surface area contributed by atoms with Crippen LogP contribution in [-0.4, -0.2) is 16.0 Å². The van der Waals surface area contributed by atoms with E-state index >= 15 is 0 Å². The number of aromatic nitrogens is 2. The summed E-state index contributed by atoms with van der Waals surface area (Å²) in [5.41, 5.74) is 9.28. The zero-order chi connectivity index (χ0) is 13.1. The first-order chi connectivity index (χ1) is 9.31. The van der Waals surface area contributed by atoms with Gasteiger partial charge in [0.2, 0.25) is 5.95 Å². The summed E-state index contributed by atoms with van der Waals surface area (Å²) in [6.45, 7) is 0.777. The van der Waals surface area contributed by atoms with Gasteiger partial charge in [0.1, 0.15) is 0 Å². The molecule has 1 aromatic heterocycles. The highest BCUT2D eigenvalue weighted by molar-refractivity contribution is 5.26. The van der Waals surface area contributed by atoms with Crippen molar-refractivity contribution in [3.63, 3.8) is 0 Å². The van der Waals surface area contributed by atoms with Crippen LogP contribution in [0, 0.1) is 0 Å². The van der Waals surface area contributed by atoms with E-state index in [0.29, 0.717) is 12.0 Å². The lowest BCUT2D eigenvalue weighted by atomic mass is 10.0. The van der Waals surface area contributed by atoms with Gasteiger partial charge in [-0.05, 0) is 30.4 Å². The third-order valence-electron chi connectivity index (χ3n) is 3.62. The zero-order valence-corrected chi connectivity index (χ0v) is 10.8. The van der Waals surface area contributed by atoms with Crippen LogP contribution in [0.3, 0.4) is 0 Å². The number of hydrogen-bond donors (Lipinski definition) is 2.